The number of ether oxygens (including phenoxy) is 1. The lowest BCUT2D eigenvalue weighted by Crippen LogP contribution is -2.52. The molecule has 0 saturated carbocycles. The van der Waals surface area contributed by atoms with E-state index in [2.05, 4.69) is 16.8 Å². The van der Waals surface area contributed by atoms with Crippen LogP contribution >= 0.6 is 12.4 Å². The SMILES string of the molecule is COc1cccc2c1CCN(C1CC3CCC(C1)N3C)C2=O.Cl. The number of fused-ring (bicyclic) bond motifs is 3. The molecule has 1 aromatic carbocycles. The van der Waals surface area contributed by atoms with Crippen LogP contribution in [-0.4, -0.2) is 54.5 Å². The number of carbonyl (C=O) groups excluding carboxylic acids is 1. The fourth-order valence-electron chi connectivity index (χ4n) is 4.69. The molecule has 3 aliphatic rings. The molecule has 2 fully saturated rings. The highest BCUT2D eigenvalue weighted by molar-refractivity contribution is 5.97. The summed E-state index contributed by atoms with van der Waals surface area (Å²) in [5.74, 6) is 1.06. The van der Waals surface area contributed by atoms with Crippen LogP contribution in [0.1, 0.15) is 41.6 Å². The predicted molar refractivity (Wildman–Crippen MR) is 92.6 cm³/mol. The van der Waals surface area contributed by atoms with Crippen LogP contribution in [0.2, 0.25) is 0 Å². The third-order valence-electron chi connectivity index (χ3n) is 5.96. The average Bonchev–Trinajstić information content (AvgIpc) is 2.76. The molecular formula is C18H25ClN2O2. The minimum Gasteiger partial charge on any atom is -0.496 e. The van der Waals surface area contributed by atoms with Crippen molar-refractivity contribution in [2.24, 2.45) is 0 Å². The Hall–Kier alpha value is -1.26. The maximum absolute atomic E-state index is 13.0. The fraction of sp³-hybridized carbons (Fsp3) is 0.611. The second-order valence-electron chi connectivity index (χ2n) is 6.91. The summed E-state index contributed by atoms with van der Waals surface area (Å²) in [6.07, 6.45) is 5.77. The van der Waals surface area contributed by atoms with Gasteiger partial charge >= 0.3 is 0 Å². The van der Waals surface area contributed by atoms with Crippen LogP contribution in [0.15, 0.2) is 18.2 Å². The maximum atomic E-state index is 13.0. The van der Waals surface area contributed by atoms with Crippen molar-refractivity contribution in [2.45, 2.75) is 50.2 Å². The molecule has 1 amide bonds. The third-order valence-corrected chi connectivity index (χ3v) is 5.96. The highest BCUT2D eigenvalue weighted by Crippen LogP contribution is 2.38. The van der Waals surface area contributed by atoms with Gasteiger partial charge in [0.2, 0.25) is 0 Å². The molecule has 2 unspecified atom stereocenters. The number of hydrogen-bond acceptors (Lipinski definition) is 3. The number of halogens is 1. The van der Waals surface area contributed by atoms with Crippen LogP contribution in [0, 0.1) is 0 Å². The Bertz CT molecular complexity index is 593. The van der Waals surface area contributed by atoms with Gasteiger partial charge in [-0.3, -0.25) is 4.79 Å². The summed E-state index contributed by atoms with van der Waals surface area (Å²) in [6, 6.07) is 7.59. The lowest BCUT2D eigenvalue weighted by atomic mass is 9.91. The number of hydrogen-bond donors (Lipinski definition) is 0. The van der Waals surface area contributed by atoms with E-state index >= 15 is 0 Å². The molecule has 0 radical (unpaired) electrons. The summed E-state index contributed by atoms with van der Waals surface area (Å²) >= 11 is 0. The predicted octanol–water partition coefficient (Wildman–Crippen LogP) is 2.74. The Morgan fingerprint density at radius 1 is 1.13 bits per heavy atom. The quantitative estimate of drug-likeness (QED) is 0.832. The van der Waals surface area contributed by atoms with Gasteiger partial charge in [-0.25, -0.2) is 0 Å². The Balaban J connectivity index is 0.00000156. The van der Waals surface area contributed by atoms with E-state index in [1.165, 1.54) is 12.8 Å². The van der Waals surface area contributed by atoms with Gasteiger partial charge in [0.15, 0.2) is 0 Å². The second kappa shape index (κ2) is 6.33. The summed E-state index contributed by atoms with van der Waals surface area (Å²) in [6.45, 7) is 0.833. The van der Waals surface area contributed by atoms with Gasteiger partial charge < -0.3 is 14.5 Å². The number of benzene rings is 1. The standard InChI is InChI=1S/C18H24N2O2.ClH/c1-19-12-6-7-13(19)11-14(10-12)20-9-8-15-16(18(20)21)4-3-5-17(15)22-2;/h3-5,12-14H,6-11H2,1-2H3;1H. The summed E-state index contributed by atoms with van der Waals surface area (Å²) in [7, 11) is 3.93. The molecular weight excluding hydrogens is 312 g/mol. The van der Waals surface area contributed by atoms with E-state index in [0.717, 1.165) is 42.7 Å². The number of amides is 1. The van der Waals surface area contributed by atoms with Gasteiger partial charge in [-0.2, -0.15) is 0 Å². The first-order chi connectivity index (χ1) is 10.7. The highest BCUT2D eigenvalue weighted by atomic mass is 35.5. The Morgan fingerprint density at radius 3 is 2.48 bits per heavy atom. The molecule has 23 heavy (non-hydrogen) atoms. The van der Waals surface area contributed by atoms with Crippen molar-refractivity contribution >= 4 is 18.3 Å². The molecule has 4 nitrogen and oxygen atoms in total. The van der Waals surface area contributed by atoms with Crippen LogP contribution < -0.4 is 4.74 Å². The molecule has 4 rings (SSSR count). The number of rotatable bonds is 2. The normalized spacial score (nSPS) is 29.9. The largest absolute Gasteiger partial charge is 0.496 e. The summed E-state index contributed by atoms with van der Waals surface area (Å²) in [5.41, 5.74) is 1.93. The highest BCUT2D eigenvalue weighted by Gasteiger charge is 2.42. The van der Waals surface area contributed by atoms with E-state index in [1.807, 2.05) is 18.2 Å². The van der Waals surface area contributed by atoms with E-state index in [9.17, 15) is 4.79 Å². The van der Waals surface area contributed by atoms with Gasteiger partial charge in [0.25, 0.3) is 5.91 Å². The zero-order valence-electron chi connectivity index (χ0n) is 13.8. The van der Waals surface area contributed by atoms with E-state index in [4.69, 9.17) is 4.74 Å². The van der Waals surface area contributed by atoms with Gasteiger partial charge in [0, 0.05) is 35.8 Å². The molecule has 2 bridgehead atoms. The van der Waals surface area contributed by atoms with Gasteiger partial charge in [-0.05, 0) is 51.3 Å². The Labute approximate surface area is 144 Å². The zero-order valence-corrected chi connectivity index (χ0v) is 14.6. The molecule has 2 saturated heterocycles. The first-order valence-corrected chi connectivity index (χ1v) is 8.38. The van der Waals surface area contributed by atoms with Crippen LogP contribution in [0.25, 0.3) is 0 Å². The molecule has 126 valence electrons. The lowest BCUT2D eigenvalue weighted by Gasteiger charge is -2.43. The van der Waals surface area contributed by atoms with E-state index in [-0.39, 0.29) is 18.3 Å². The number of nitrogens with zero attached hydrogens (tertiary/aromatic N) is 2. The Kier molecular flexibility index (Phi) is 4.56. The summed E-state index contributed by atoms with van der Waals surface area (Å²) in [5, 5.41) is 0. The zero-order chi connectivity index (χ0) is 15.3. The minimum atomic E-state index is 0. The van der Waals surface area contributed by atoms with Gasteiger partial charge in [0.05, 0.1) is 7.11 Å². The molecule has 0 aromatic heterocycles. The van der Waals surface area contributed by atoms with Crippen LogP contribution in [0.3, 0.4) is 0 Å². The molecule has 5 heteroatoms. The Morgan fingerprint density at radius 2 is 1.83 bits per heavy atom. The van der Waals surface area contributed by atoms with Gasteiger partial charge in [-0.1, -0.05) is 6.07 Å². The monoisotopic (exact) mass is 336 g/mol. The molecule has 3 heterocycles. The first kappa shape index (κ1) is 16.6. The smallest absolute Gasteiger partial charge is 0.254 e. The maximum Gasteiger partial charge on any atom is 0.254 e. The van der Waals surface area contributed by atoms with Crippen LogP contribution in [-0.2, 0) is 6.42 Å². The first-order valence-electron chi connectivity index (χ1n) is 8.38. The number of methoxy groups -OCH3 is 1. The second-order valence-corrected chi connectivity index (χ2v) is 6.91. The van der Waals surface area contributed by atoms with Crippen molar-refractivity contribution in [2.75, 3.05) is 20.7 Å². The lowest BCUT2D eigenvalue weighted by molar-refractivity contribution is 0.0464. The average molecular weight is 337 g/mol. The van der Waals surface area contributed by atoms with Crippen molar-refractivity contribution in [3.05, 3.63) is 29.3 Å². The van der Waals surface area contributed by atoms with Crippen molar-refractivity contribution in [1.82, 2.24) is 9.80 Å². The molecule has 3 aliphatic heterocycles. The molecule has 1 aromatic rings. The number of carbonyl (C=O) groups is 1. The minimum absolute atomic E-state index is 0. The molecule has 2 atom stereocenters. The third kappa shape index (κ3) is 2.62. The fourth-order valence-corrected chi connectivity index (χ4v) is 4.69. The van der Waals surface area contributed by atoms with Crippen molar-refractivity contribution in [3.63, 3.8) is 0 Å². The van der Waals surface area contributed by atoms with Gasteiger partial charge in [0.1, 0.15) is 5.75 Å². The summed E-state index contributed by atoms with van der Waals surface area (Å²) in [4.78, 5) is 17.6. The molecule has 0 spiro atoms. The van der Waals surface area contributed by atoms with Crippen molar-refractivity contribution in [3.8, 4) is 5.75 Å². The van der Waals surface area contributed by atoms with E-state index in [1.54, 1.807) is 7.11 Å². The summed E-state index contributed by atoms with van der Waals surface area (Å²) < 4.78 is 5.42. The van der Waals surface area contributed by atoms with Crippen LogP contribution in [0.5, 0.6) is 5.75 Å². The number of piperidine rings is 1. The topological polar surface area (TPSA) is 32.8 Å². The van der Waals surface area contributed by atoms with Crippen LogP contribution in [0.4, 0.5) is 0 Å². The van der Waals surface area contributed by atoms with E-state index in [0.29, 0.717) is 18.1 Å². The van der Waals surface area contributed by atoms with Crippen molar-refractivity contribution in [1.29, 1.82) is 0 Å². The molecule has 0 aliphatic carbocycles. The van der Waals surface area contributed by atoms with Gasteiger partial charge in [-0.15, -0.1) is 12.4 Å². The van der Waals surface area contributed by atoms with E-state index < -0.39 is 0 Å². The van der Waals surface area contributed by atoms with Crippen molar-refractivity contribution < 1.29 is 9.53 Å². The molecule has 0 N–H and O–H groups in total.